The van der Waals surface area contributed by atoms with E-state index in [1.807, 2.05) is 0 Å². The lowest BCUT2D eigenvalue weighted by Crippen LogP contribution is -2.17. The van der Waals surface area contributed by atoms with Crippen molar-refractivity contribution in [2.75, 3.05) is 18.6 Å². The van der Waals surface area contributed by atoms with Crippen LogP contribution in [-0.4, -0.2) is 24.3 Å². The van der Waals surface area contributed by atoms with Crippen molar-refractivity contribution in [1.29, 1.82) is 0 Å². The molecule has 1 atom stereocenters. The molecule has 1 saturated heterocycles. The van der Waals surface area contributed by atoms with Crippen LogP contribution in [0.4, 0.5) is 5.82 Å². The first-order chi connectivity index (χ1) is 7.70. The fourth-order valence-corrected chi connectivity index (χ4v) is 1.85. The lowest BCUT2D eigenvalue weighted by Gasteiger charge is -2.13. The second-order valence-corrected chi connectivity index (χ2v) is 4.17. The van der Waals surface area contributed by atoms with Gasteiger partial charge in [-0.2, -0.15) is 4.98 Å². The van der Waals surface area contributed by atoms with Crippen LogP contribution in [0, 0.1) is 0 Å². The Morgan fingerprint density at radius 2 is 2.31 bits per heavy atom. The highest BCUT2D eigenvalue weighted by Crippen LogP contribution is 2.31. The highest BCUT2D eigenvalue weighted by atomic mass is 35.5. The van der Waals surface area contributed by atoms with Gasteiger partial charge < -0.3 is 14.9 Å². The molecule has 1 aromatic rings. The van der Waals surface area contributed by atoms with Gasteiger partial charge in [-0.1, -0.05) is 23.2 Å². The first-order valence-corrected chi connectivity index (χ1v) is 5.53. The molecule has 16 heavy (non-hydrogen) atoms. The molecule has 5 nitrogen and oxygen atoms in total. The SMILES string of the molecule is NNc1nc(OC2CCOC2)c(Cl)cc1Cl. The number of hydrogen-bond acceptors (Lipinski definition) is 5. The Morgan fingerprint density at radius 3 is 2.94 bits per heavy atom. The van der Waals surface area contributed by atoms with Gasteiger partial charge in [0.2, 0.25) is 5.88 Å². The minimum Gasteiger partial charge on any atom is -0.471 e. The predicted molar refractivity (Wildman–Crippen MR) is 61.9 cm³/mol. The van der Waals surface area contributed by atoms with Gasteiger partial charge in [-0.25, -0.2) is 5.84 Å². The number of aromatic nitrogens is 1. The molecule has 1 aromatic heterocycles. The van der Waals surface area contributed by atoms with Crippen LogP contribution in [-0.2, 0) is 4.74 Å². The van der Waals surface area contributed by atoms with Crippen molar-refractivity contribution in [3.05, 3.63) is 16.1 Å². The third-order valence-electron chi connectivity index (χ3n) is 2.20. The summed E-state index contributed by atoms with van der Waals surface area (Å²) in [4.78, 5) is 4.08. The van der Waals surface area contributed by atoms with E-state index >= 15 is 0 Å². The van der Waals surface area contributed by atoms with Crippen molar-refractivity contribution in [2.24, 2.45) is 5.84 Å². The van der Waals surface area contributed by atoms with Crippen LogP contribution in [0.15, 0.2) is 6.07 Å². The summed E-state index contributed by atoms with van der Waals surface area (Å²) in [5, 5.41) is 0.707. The quantitative estimate of drug-likeness (QED) is 0.644. The number of pyridine rings is 1. The van der Waals surface area contributed by atoms with Crippen LogP contribution in [0.1, 0.15) is 6.42 Å². The summed E-state index contributed by atoms with van der Waals surface area (Å²) in [6, 6.07) is 1.54. The molecule has 0 radical (unpaired) electrons. The van der Waals surface area contributed by atoms with Gasteiger partial charge in [0.25, 0.3) is 0 Å². The van der Waals surface area contributed by atoms with Crippen LogP contribution in [0.2, 0.25) is 10.0 Å². The molecular weight excluding hydrogens is 253 g/mol. The topological polar surface area (TPSA) is 69.4 Å². The molecule has 2 heterocycles. The number of nitrogens with one attached hydrogen (secondary N) is 1. The van der Waals surface area contributed by atoms with Crippen LogP contribution in [0.25, 0.3) is 0 Å². The highest BCUT2D eigenvalue weighted by molar-refractivity contribution is 6.36. The van der Waals surface area contributed by atoms with Crippen molar-refractivity contribution in [3.63, 3.8) is 0 Å². The number of rotatable bonds is 3. The smallest absolute Gasteiger partial charge is 0.235 e. The Balaban J connectivity index is 2.18. The summed E-state index contributed by atoms with van der Waals surface area (Å²) in [5.74, 6) is 5.91. The summed E-state index contributed by atoms with van der Waals surface area (Å²) >= 11 is 11.8. The average Bonchev–Trinajstić information content (AvgIpc) is 2.75. The summed E-state index contributed by atoms with van der Waals surface area (Å²) in [7, 11) is 0. The number of hydrogen-bond donors (Lipinski definition) is 2. The number of ether oxygens (including phenoxy) is 2. The maximum absolute atomic E-state index is 5.96. The molecule has 0 spiro atoms. The minimum absolute atomic E-state index is 0.0169. The molecule has 1 fully saturated rings. The summed E-state index contributed by atoms with van der Waals surface area (Å²) in [6.07, 6.45) is 0.809. The number of hydrazine groups is 1. The van der Waals surface area contributed by atoms with Gasteiger partial charge in [-0.3, -0.25) is 0 Å². The Kier molecular flexibility index (Phi) is 3.70. The van der Waals surface area contributed by atoms with E-state index in [-0.39, 0.29) is 6.10 Å². The van der Waals surface area contributed by atoms with Crippen LogP contribution in [0.5, 0.6) is 5.88 Å². The monoisotopic (exact) mass is 263 g/mol. The number of nitrogens with two attached hydrogens (primary N) is 1. The average molecular weight is 264 g/mol. The number of anilines is 1. The van der Waals surface area contributed by atoms with E-state index in [0.717, 1.165) is 6.42 Å². The molecule has 0 saturated carbocycles. The molecule has 1 unspecified atom stereocenters. The molecule has 0 aromatic carbocycles. The number of nitrogens with zero attached hydrogens (tertiary/aromatic N) is 1. The Bertz CT molecular complexity index is 383. The molecule has 0 aliphatic carbocycles. The molecule has 2 rings (SSSR count). The highest BCUT2D eigenvalue weighted by Gasteiger charge is 2.20. The van der Waals surface area contributed by atoms with Gasteiger partial charge in [0.15, 0.2) is 5.82 Å². The maximum Gasteiger partial charge on any atom is 0.235 e. The van der Waals surface area contributed by atoms with E-state index in [2.05, 4.69) is 10.4 Å². The zero-order valence-corrected chi connectivity index (χ0v) is 9.88. The summed E-state index contributed by atoms with van der Waals surface area (Å²) in [6.45, 7) is 1.24. The summed E-state index contributed by atoms with van der Waals surface area (Å²) in [5.41, 5.74) is 2.37. The second kappa shape index (κ2) is 5.05. The van der Waals surface area contributed by atoms with Gasteiger partial charge >= 0.3 is 0 Å². The Hall–Kier alpha value is -0.750. The number of halogens is 2. The predicted octanol–water partition coefficient (Wildman–Crippen LogP) is 1.84. The standard InChI is InChI=1S/C9H11Cl2N3O2/c10-6-3-7(11)9(13-8(6)14-12)16-5-1-2-15-4-5/h3,5H,1-2,4,12H2,(H,13,14). The van der Waals surface area contributed by atoms with E-state index in [1.54, 1.807) is 0 Å². The van der Waals surface area contributed by atoms with Crippen molar-refractivity contribution >= 4 is 29.0 Å². The third kappa shape index (κ3) is 2.49. The van der Waals surface area contributed by atoms with E-state index in [9.17, 15) is 0 Å². The zero-order valence-electron chi connectivity index (χ0n) is 8.37. The number of nitrogen functional groups attached to an aromatic ring is 1. The van der Waals surface area contributed by atoms with E-state index in [1.165, 1.54) is 6.07 Å². The molecule has 7 heteroatoms. The first kappa shape index (κ1) is 11.7. The Morgan fingerprint density at radius 1 is 1.50 bits per heavy atom. The van der Waals surface area contributed by atoms with Crippen molar-refractivity contribution in [1.82, 2.24) is 4.98 Å². The van der Waals surface area contributed by atoms with Gasteiger partial charge in [-0.05, 0) is 6.07 Å². The molecular formula is C9H11Cl2N3O2. The normalized spacial score (nSPS) is 19.8. The maximum atomic E-state index is 5.96. The van der Waals surface area contributed by atoms with Gasteiger partial charge in [0, 0.05) is 6.42 Å². The van der Waals surface area contributed by atoms with Gasteiger partial charge in [0.1, 0.15) is 11.1 Å². The molecule has 1 aliphatic heterocycles. The van der Waals surface area contributed by atoms with Crippen molar-refractivity contribution < 1.29 is 9.47 Å². The molecule has 0 bridgehead atoms. The van der Waals surface area contributed by atoms with E-state index in [4.69, 9.17) is 38.5 Å². The fraction of sp³-hybridized carbons (Fsp3) is 0.444. The molecule has 3 N–H and O–H groups in total. The minimum atomic E-state index is -0.0169. The first-order valence-electron chi connectivity index (χ1n) is 4.77. The van der Waals surface area contributed by atoms with Crippen molar-refractivity contribution in [2.45, 2.75) is 12.5 Å². The second-order valence-electron chi connectivity index (χ2n) is 3.35. The molecule has 88 valence electrons. The summed E-state index contributed by atoms with van der Waals surface area (Å²) < 4.78 is 10.8. The van der Waals surface area contributed by atoms with Crippen LogP contribution >= 0.6 is 23.2 Å². The van der Waals surface area contributed by atoms with E-state index < -0.39 is 0 Å². The van der Waals surface area contributed by atoms with Crippen molar-refractivity contribution in [3.8, 4) is 5.88 Å². The zero-order chi connectivity index (χ0) is 11.5. The lowest BCUT2D eigenvalue weighted by atomic mass is 10.3. The van der Waals surface area contributed by atoms with E-state index in [0.29, 0.717) is 35.0 Å². The molecule has 1 aliphatic rings. The fourth-order valence-electron chi connectivity index (χ4n) is 1.40. The van der Waals surface area contributed by atoms with Crippen LogP contribution in [0.3, 0.4) is 0 Å². The third-order valence-corrected chi connectivity index (χ3v) is 2.76. The Labute approximate surface area is 103 Å². The van der Waals surface area contributed by atoms with Crippen LogP contribution < -0.4 is 16.0 Å². The largest absolute Gasteiger partial charge is 0.471 e. The van der Waals surface area contributed by atoms with Gasteiger partial charge in [0.05, 0.1) is 18.2 Å². The lowest BCUT2D eigenvalue weighted by molar-refractivity contribution is 0.138. The van der Waals surface area contributed by atoms with Gasteiger partial charge in [-0.15, -0.1) is 0 Å². The molecule has 0 amide bonds.